The monoisotopic (exact) mass is 314 g/mol. The molecule has 8 heteroatoms. The molecule has 8 nitrogen and oxygen atoms in total. The zero-order chi connectivity index (χ0) is 17.0. The molecule has 0 heterocycles. The highest BCUT2D eigenvalue weighted by atomic mass is 16.2. The van der Waals surface area contributed by atoms with Crippen LogP contribution < -0.4 is 21.7 Å². The van der Waals surface area contributed by atoms with Crippen molar-refractivity contribution in [2.45, 2.75) is 52.0 Å². The molecule has 1 atom stereocenters. The van der Waals surface area contributed by atoms with E-state index in [1.54, 1.807) is 0 Å². The average molecular weight is 314 g/mol. The summed E-state index contributed by atoms with van der Waals surface area (Å²) in [5, 5.41) is 7.92. The number of unbranched alkanes of at least 4 members (excludes halogenated alkanes) is 2. The molecule has 0 aromatic rings. The zero-order valence-corrected chi connectivity index (χ0v) is 13.2. The van der Waals surface area contributed by atoms with Gasteiger partial charge < -0.3 is 21.7 Å². The summed E-state index contributed by atoms with van der Waals surface area (Å²) in [6.07, 6.45) is 2.70. The summed E-state index contributed by atoms with van der Waals surface area (Å²) in [6.45, 7) is 3.88. The van der Waals surface area contributed by atoms with Gasteiger partial charge in [-0.2, -0.15) is 0 Å². The van der Waals surface area contributed by atoms with Gasteiger partial charge in [0.05, 0.1) is 0 Å². The maximum Gasteiger partial charge on any atom is 0.242 e. The van der Waals surface area contributed by atoms with Gasteiger partial charge in [0.25, 0.3) is 0 Å². The van der Waals surface area contributed by atoms with Gasteiger partial charge in [0, 0.05) is 33.4 Å². The molecule has 5 N–H and O–H groups in total. The summed E-state index contributed by atoms with van der Waals surface area (Å²) in [5.41, 5.74) is 5.05. The fourth-order valence-electron chi connectivity index (χ4n) is 1.83. The maximum atomic E-state index is 11.9. The van der Waals surface area contributed by atoms with Crippen LogP contribution in [0.1, 0.15) is 46.0 Å². The number of primary amides is 1. The average Bonchev–Trinajstić information content (AvgIpc) is 2.41. The van der Waals surface area contributed by atoms with Gasteiger partial charge in [-0.25, -0.2) is 0 Å². The molecule has 0 fully saturated rings. The molecular weight excluding hydrogens is 288 g/mol. The molecule has 0 rings (SSSR count). The van der Waals surface area contributed by atoms with Crippen molar-refractivity contribution in [2.24, 2.45) is 5.73 Å². The molecule has 0 unspecified atom stereocenters. The van der Waals surface area contributed by atoms with Gasteiger partial charge in [-0.1, -0.05) is 0 Å². The summed E-state index contributed by atoms with van der Waals surface area (Å²) in [6, 6.07) is -0.746. The molecule has 0 aromatic carbocycles. The molecule has 0 aliphatic carbocycles. The SMILES string of the molecule is CC(=O)NCCCCCNC(=O)[C@H](CCC(N)=O)NC(C)=O. The number of carbonyl (C=O) groups excluding carboxylic acids is 4. The van der Waals surface area contributed by atoms with Crippen LogP contribution in [0.15, 0.2) is 0 Å². The number of nitrogens with one attached hydrogen (secondary N) is 3. The third-order valence-electron chi connectivity index (χ3n) is 2.90. The van der Waals surface area contributed by atoms with Crippen molar-refractivity contribution in [3.8, 4) is 0 Å². The fourth-order valence-corrected chi connectivity index (χ4v) is 1.83. The quantitative estimate of drug-likeness (QED) is 0.371. The predicted molar refractivity (Wildman–Crippen MR) is 81.6 cm³/mol. The number of carbonyl (C=O) groups is 4. The maximum absolute atomic E-state index is 11.9. The smallest absolute Gasteiger partial charge is 0.242 e. The predicted octanol–water partition coefficient (Wildman–Crippen LogP) is -0.821. The molecule has 4 amide bonds. The molecule has 0 saturated carbocycles. The van der Waals surface area contributed by atoms with Gasteiger partial charge in [0.1, 0.15) is 6.04 Å². The van der Waals surface area contributed by atoms with Gasteiger partial charge in [-0.05, 0) is 25.7 Å². The standard InChI is InChI=1S/C14H26N4O4/c1-10(19)16-8-4-3-5-9-17-14(22)12(18-11(2)20)6-7-13(15)21/h12H,3-9H2,1-2H3,(H2,15,21)(H,16,19)(H,17,22)(H,18,20)/t12-/m0/s1. The Bertz CT molecular complexity index is 398. The van der Waals surface area contributed by atoms with Crippen LogP contribution in [0.25, 0.3) is 0 Å². The first-order valence-corrected chi connectivity index (χ1v) is 7.40. The van der Waals surface area contributed by atoms with Crippen LogP contribution in [0.3, 0.4) is 0 Å². The molecule has 0 aromatic heterocycles. The zero-order valence-electron chi connectivity index (χ0n) is 13.2. The highest BCUT2D eigenvalue weighted by molar-refractivity contribution is 5.87. The lowest BCUT2D eigenvalue weighted by molar-refractivity contribution is -0.128. The molecular formula is C14H26N4O4. The molecule has 0 spiro atoms. The molecule has 0 aliphatic heterocycles. The van der Waals surface area contributed by atoms with Crippen molar-refractivity contribution in [1.29, 1.82) is 0 Å². The number of hydrogen-bond donors (Lipinski definition) is 4. The minimum atomic E-state index is -0.746. The van der Waals surface area contributed by atoms with E-state index in [-0.39, 0.29) is 30.6 Å². The summed E-state index contributed by atoms with van der Waals surface area (Å²) >= 11 is 0. The van der Waals surface area contributed by atoms with E-state index in [0.717, 1.165) is 19.3 Å². The van der Waals surface area contributed by atoms with Crippen LogP contribution in [0.2, 0.25) is 0 Å². The van der Waals surface area contributed by atoms with E-state index in [1.165, 1.54) is 13.8 Å². The minimum absolute atomic E-state index is 0.0368. The lowest BCUT2D eigenvalue weighted by Gasteiger charge is -2.17. The van der Waals surface area contributed by atoms with Crippen LogP contribution in [0, 0.1) is 0 Å². The number of rotatable bonds is 11. The summed E-state index contributed by atoms with van der Waals surface area (Å²) in [5.74, 6) is -1.22. The van der Waals surface area contributed by atoms with Crippen LogP contribution in [-0.4, -0.2) is 42.8 Å². The van der Waals surface area contributed by atoms with Crippen LogP contribution in [-0.2, 0) is 19.2 Å². The highest BCUT2D eigenvalue weighted by Crippen LogP contribution is 1.99. The highest BCUT2D eigenvalue weighted by Gasteiger charge is 2.19. The Kier molecular flexibility index (Phi) is 10.4. The Morgan fingerprint density at radius 1 is 0.909 bits per heavy atom. The van der Waals surface area contributed by atoms with Gasteiger partial charge >= 0.3 is 0 Å². The molecule has 0 bridgehead atoms. The number of nitrogens with two attached hydrogens (primary N) is 1. The van der Waals surface area contributed by atoms with E-state index in [1.807, 2.05) is 0 Å². The normalized spacial score (nSPS) is 11.4. The number of hydrogen-bond acceptors (Lipinski definition) is 4. The number of amides is 4. The van der Waals surface area contributed by atoms with Crippen molar-refractivity contribution in [1.82, 2.24) is 16.0 Å². The Morgan fingerprint density at radius 2 is 1.50 bits per heavy atom. The topological polar surface area (TPSA) is 130 Å². The molecule has 0 aliphatic rings. The molecule has 0 radical (unpaired) electrons. The van der Waals surface area contributed by atoms with E-state index < -0.39 is 11.9 Å². The fraction of sp³-hybridized carbons (Fsp3) is 0.714. The summed E-state index contributed by atoms with van der Waals surface area (Å²) < 4.78 is 0. The van der Waals surface area contributed by atoms with Gasteiger partial charge in [0.15, 0.2) is 0 Å². The van der Waals surface area contributed by atoms with E-state index in [0.29, 0.717) is 13.1 Å². The van der Waals surface area contributed by atoms with Crippen LogP contribution >= 0.6 is 0 Å². The first-order valence-electron chi connectivity index (χ1n) is 7.40. The Hall–Kier alpha value is -2.12. The Balaban J connectivity index is 3.93. The van der Waals surface area contributed by atoms with Crippen molar-refractivity contribution in [3.05, 3.63) is 0 Å². The minimum Gasteiger partial charge on any atom is -0.370 e. The second-order valence-corrected chi connectivity index (χ2v) is 5.09. The molecule has 22 heavy (non-hydrogen) atoms. The van der Waals surface area contributed by atoms with E-state index in [4.69, 9.17) is 5.73 Å². The second-order valence-electron chi connectivity index (χ2n) is 5.09. The third-order valence-corrected chi connectivity index (χ3v) is 2.90. The summed E-state index contributed by atoms with van der Waals surface area (Å²) in [7, 11) is 0. The van der Waals surface area contributed by atoms with Crippen molar-refractivity contribution in [2.75, 3.05) is 13.1 Å². The largest absolute Gasteiger partial charge is 0.370 e. The lowest BCUT2D eigenvalue weighted by Crippen LogP contribution is -2.46. The molecule has 126 valence electrons. The third kappa shape index (κ3) is 11.7. The Morgan fingerprint density at radius 3 is 2.00 bits per heavy atom. The lowest BCUT2D eigenvalue weighted by atomic mass is 10.1. The van der Waals surface area contributed by atoms with Gasteiger partial charge in [-0.15, -0.1) is 0 Å². The first kappa shape index (κ1) is 19.9. The van der Waals surface area contributed by atoms with E-state index >= 15 is 0 Å². The molecule has 0 saturated heterocycles. The Labute approximate surface area is 130 Å². The van der Waals surface area contributed by atoms with Crippen molar-refractivity contribution < 1.29 is 19.2 Å². The van der Waals surface area contributed by atoms with E-state index in [9.17, 15) is 19.2 Å². The van der Waals surface area contributed by atoms with Crippen molar-refractivity contribution in [3.63, 3.8) is 0 Å². The van der Waals surface area contributed by atoms with Gasteiger partial charge in [-0.3, -0.25) is 19.2 Å². The summed E-state index contributed by atoms with van der Waals surface area (Å²) in [4.78, 5) is 44.4. The first-order chi connectivity index (χ1) is 10.3. The van der Waals surface area contributed by atoms with E-state index in [2.05, 4.69) is 16.0 Å². The van der Waals surface area contributed by atoms with Crippen molar-refractivity contribution >= 4 is 23.6 Å². The van der Waals surface area contributed by atoms with Gasteiger partial charge in [0.2, 0.25) is 23.6 Å². The second kappa shape index (κ2) is 11.5. The van der Waals surface area contributed by atoms with Crippen LogP contribution in [0.5, 0.6) is 0 Å². The van der Waals surface area contributed by atoms with Crippen LogP contribution in [0.4, 0.5) is 0 Å².